The van der Waals surface area contributed by atoms with Crippen LogP contribution in [0.3, 0.4) is 0 Å². The lowest BCUT2D eigenvalue weighted by Crippen LogP contribution is -2.64. The molecule has 1 aliphatic carbocycles. The first-order valence-electron chi connectivity index (χ1n) is 2.34. The van der Waals surface area contributed by atoms with Gasteiger partial charge in [0.25, 0.3) is 9.60 Å². The molecule has 0 heterocycles. The minimum absolute atomic E-state index is 0.814. The Kier molecular flexibility index (Phi) is 1.95. The lowest BCUT2D eigenvalue weighted by atomic mass is 9.90. The van der Waals surface area contributed by atoms with Crippen molar-refractivity contribution in [2.24, 2.45) is 0 Å². The highest BCUT2D eigenvalue weighted by Gasteiger charge is 2.78. The topological polar surface area (TPSA) is 0 Å². The van der Waals surface area contributed by atoms with Crippen LogP contribution < -0.4 is 0 Å². The van der Waals surface area contributed by atoms with Gasteiger partial charge in [-0.05, 0) is 45.2 Å². The van der Waals surface area contributed by atoms with Gasteiger partial charge in [-0.2, -0.15) is 0 Å². The van der Waals surface area contributed by atoms with Crippen molar-refractivity contribution in [2.45, 2.75) is 19.7 Å². The maximum absolute atomic E-state index is 12.6. The summed E-state index contributed by atoms with van der Waals surface area (Å²) in [6.45, 7) is 0. The molecule has 0 bridgehead atoms. The molecule has 0 saturated heterocycles. The fourth-order valence-electron chi connectivity index (χ4n) is 0.662. The summed E-state index contributed by atoms with van der Waals surface area (Å²) in [5.74, 6) is -3.51. The summed E-state index contributed by atoms with van der Waals surface area (Å²) in [6, 6.07) is 0. The molecule has 0 radical (unpaired) electrons. The van der Waals surface area contributed by atoms with Crippen LogP contribution in [0.5, 0.6) is 0 Å². The van der Waals surface area contributed by atoms with E-state index in [9.17, 15) is 17.6 Å². The van der Waals surface area contributed by atoms with E-state index in [0.29, 0.717) is 0 Å². The second-order valence-electron chi connectivity index (χ2n) is 2.16. The smallest absolute Gasteiger partial charge is 0.227 e. The Labute approximate surface area is 82.0 Å². The second-order valence-corrected chi connectivity index (χ2v) is 5.36. The number of hydrogen-bond acceptors (Lipinski definition) is 0. The molecule has 6 heteroatoms. The van der Waals surface area contributed by atoms with Gasteiger partial charge in [-0.25, -0.2) is 17.6 Å². The zero-order valence-electron chi connectivity index (χ0n) is 4.47. The van der Waals surface area contributed by atoms with E-state index in [1.807, 2.05) is 0 Å². The molecule has 1 saturated carbocycles. The van der Waals surface area contributed by atoms with Gasteiger partial charge in [0, 0.05) is 0 Å². The van der Waals surface area contributed by atoms with Gasteiger partial charge in [0.15, 0.2) is 0 Å². The van der Waals surface area contributed by atoms with Crippen LogP contribution in [0.4, 0.5) is 17.6 Å². The van der Waals surface area contributed by atoms with E-state index in [-0.39, 0.29) is 0 Å². The highest BCUT2D eigenvalue weighted by Crippen LogP contribution is 2.65. The summed E-state index contributed by atoms with van der Waals surface area (Å²) in [7, 11) is 0. The van der Waals surface area contributed by atoms with Crippen molar-refractivity contribution in [1.29, 1.82) is 0 Å². The van der Waals surface area contributed by atoms with Crippen LogP contribution in [0, 0.1) is 0 Å². The van der Waals surface area contributed by atoms with Crippen LogP contribution in [-0.4, -0.2) is 13.3 Å². The Morgan fingerprint density at radius 3 is 1.40 bits per heavy atom. The van der Waals surface area contributed by atoms with E-state index in [4.69, 9.17) is 0 Å². The minimum atomic E-state index is -3.51. The quantitative estimate of drug-likeness (QED) is 0.344. The van der Waals surface area contributed by atoms with E-state index < -0.39 is 19.7 Å². The lowest BCUT2D eigenvalue weighted by Gasteiger charge is -2.47. The van der Waals surface area contributed by atoms with Gasteiger partial charge < -0.3 is 0 Å². The molecule has 0 amide bonds. The van der Waals surface area contributed by atoms with Crippen LogP contribution in [-0.2, 0) is 0 Å². The van der Waals surface area contributed by atoms with Gasteiger partial charge in [0.1, 0.15) is 0 Å². The summed E-state index contributed by atoms with van der Waals surface area (Å²) in [4.78, 5) is 0. The monoisotopic (exact) mass is 380 g/mol. The fourth-order valence-corrected chi connectivity index (χ4v) is 1.92. The Balaban J connectivity index is 2.85. The van der Waals surface area contributed by atoms with E-state index in [2.05, 4.69) is 0 Å². The molecule has 1 aliphatic rings. The van der Waals surface area contributed by atoms with Gasteiger partial charge in [-0.3, -0.25) is 0 Å². The van der Waals surface area contributed by atoms with Gasteiger partial charge >= 0.3 is 0 Å². The predicted octanol–water partition coefficient (Wildman–Crippen LogP) is 3.23. The van der Waals surface area contributed by atoms with Crippen LogP contribution in [0.2, 0.25) is 0 Å². The second kappa shape index (κ2) is 2.11. The molecule has 0 aliphatic heterocycles. The molecule has 2 unspecified atom stereocenters. The summed E-state index contributed by atoms with van der Waals surface area (Å²) in [6.07, 6.45) is -1.03. The summed E-state index contributed by atoms with van der Waals surface area (Å²) in [5, 5.41) is 0. The molecule has 0 N–H and O–H groups in total. The SMILES string of the molecule is FC1(F)CC(F)(I)C1(F)I. The Morgan fingerprint density at radius 1 is 1.00 bits per heavy atom. The first-order chi connectivity index (χ1) is 4.21. The predicted molar refractivity (Wildman–Crippen MR) is 45.3 cm³/mol. The molecule has 1 fully saturated rings. The van der Waals surface area contributed by atoms with Gasteiger partial charge in [0.05, 0.1) is 6.42 Å². The molecular weight excluding hydrogens is 378 g/mol. The van der Waals surface area contributed by atoms with Crippen molar-refractivity contribution in [3.8, 4) is 0 Å². The zero-order chi connectivity index (χ0) is 8.21. The van der Waals surface area contributed by atoms with Crippen molar-refractivity contribution >= 4 is 45.2 Å². The summed E-state index contributed by atoms with van der Waals surface area (Å²) >= 11 is 1.88. The van der Waals surface area contributed by atoms with E-state index in [0.717, 1.165) is 45.2 Å². The number of rotatable bonds is 0. The van der Waals surface area contributed by atoms with Gasteiger partial charge in [-0.15, -0.1) is 0 Å². The standard InChI is InChI=1S/C4H2F4I2/c5-2(6)1-3(7,9)4(2,8)10/h1H2. The Morgan fingerprint density at radius 2 is 1.40 bits per heavy atom. The molecule has 0 aromatic heterocycles. The van der Waals surface area contributed by atoms with Gasteiger partial charge in [-0.1, -0.05) is 0 Å². The van der Waals surface area contributed by atoms with Crippen LogP contribution in [0.1, 0.15) is 6.42 Å². The average Bonchev–Trinajstić information content (AvgIpc) is 1.61. The Hall–Kier alpha value is 1.18. The Bertz CT molecular complexity index is 149. The van der Waals surface area contributed by atoms with Crippen LogP contribution in [0.15, 0.2) is 0 Å². The maximum atomic E-state index is 12.6. The van der Waals surface area contributed by atoms with Crippen LogP contribution >= 0.6 is 45.2 Å². The summed E-state index contributed by atoms with van der Waals surface area (Å²) < 4.78 is 44.1. The van der Waals surface area contributed by atoms with E-state index >= 15 is 0 Å². The van der Waals surface area contributed by atoms with Crippen molar-refractivity contribution in [3.63, 3.8) is 0 Å². The minimum Gasteiger partial charge on any atom is -0.227 e. The number of hydrogen-bond donors (Lipinski definition) is 0. The zero-order valence-corrected chi connectivity index (χ0v) is 8.79. The van der Waals surface area contributed by atoms with Gasteiger partial charge in [0.2, 0.25) is 3.68 Å². The molecule has 60 valence electrons. The van der Waals surface area contributed by atoms with E-state index in [1.165, 1.54) is 0 Å². The third kappa shape index (κ3) is 0.969. The van der Waals surface area contributed by atoms with Crippen molar-refractivity contribution in [3.05, 3.63) is 0 Å². The first kappa shape index (κ1) is 9.27. The fraction of sp³-hybridized carbons (Fsp3) is 1.00. The van der Waals surface area contributed by atoms with Crippen molar-refractivity contribution < 1.29 is 17.6 Å². The first-order valence-corrected chi connectivity index (χ1v) is 4.50. The maximum Gasteiger partial charge on any atom is 0.298 e. The lowest BCUT2D eigenvalue weighted by molar-refractivity contribution is -0.203. The third-order valence-electron chi connectivity index (χ3n) is 1.36. The van der Waals surface area contributed by atoms with Crippen molar-refractivity contribution in [2.75, 3.05) is 0 Å². The molecule has 2 atom stereocenters. The molecule has 0 aromatic rings. The number of alkyl halides is 6. The van der Waals surface area contributed by atoms with E-state index in [1.54, 1.807) is 0 Å². The molecule has 10 heavy (non-hydrogen) atoms. The highest BCUT2D eigenvalue weighted by molar-refractivity contribution is 14.1. The molecule has 0 nitrogen and oxygen atoms in total. The normalized spacial score (nSPS) is 52.2. The van der Waals surface area contributed by atoms with Crippen LogP contribution in [0.25, 0.3) is 0 Å². The highest BCUT2D eigenvalue weighted by atomic mass is 127. The molecule has 0 aromatic carbocycles. The molecule has 0 spiro atoms. The average molecular weight is 380 g/mol. The molecule has 1 rings (SSSR count). The largest absolute Gasteiger partial charge is 0.298 e. The summed E-state index contributed by atoms with van der Waals surface area (Å²) in [5.41, 5.74) is 0. The third-order valence-corrected chi connectivity index (χ3v) is 5.16. The molecular formula is C4H2F4I2. The van der Waals surface area contributed by atoms with Crippen molar-refractivity contribution in [1.82, 2.24) is 0 Å². The number of halogens is 6.